The van der Waals surface area contributed by atoms with Crippen molar-refractivity contribution in [3.05, 3.63) is 69.8 Å². The Hall–Kier alpha value is -4.37. The van der Waals surface area contributed by atoms with E-state index in [9.17, 15) is 23.2 Å². The number of nitrogens with two attached hydrogens (primary N) is 1. The minimum Gasteiger partial charge on any atom is -0.475 e. The summed E-state index contributed by atoms with van der Waals surface area (Å²) in [5.74, 6) is -2.76. The summed E-state index contributed by atoms with van der Waals surface area (Å²) in [5.41, 5.74) is 10.9. The fraction of sp³-hybridized carbons (Fsp3) is 0.333. The molecule has 1 fully saturated rings. The van der Waals surface area contributed by atoms with E-state index in [1.54, 1.807) is 16.2 Å². The summed E-state index contributed by atoms with van der Waals surface area (Å²) in [6.07, 6.45) is -3.06. The molecule has 12 heteroatoms. The van der Waals surface area contributed by atoms with Crippen molar-refractivity contribution in [2.45, 2.75) is 38.5 Å². The van der Waals surface area contributed by atoms with Gasteiger partial charge in [-0.05, 0) is 42.2 Å². The number of anilines is 1. The number of rotatable bonds is 3. The number of nitriles is 1. The molecule has 5 rings (SSSR count). The summed E-state index contributed by atoms with van der Waals surface area (Å²) < 4.78 is 35.1. The number of pyridine rings is 1. The number of aliphatic carboxylic acids is 1. The lowest BCUT2D eigenvalue weighted by Crippen LogP contribution is -2.43. The molecule has 2 aromatic carbocycles. The number of aryl methyl sites for hydroxylation is 2. The number of piperidine rings is 1. The van der Waals surface area contributed by atoms with E-state index < -0.39 is 12.1 Å². The van der Waals surface area contributed by atoms with Crippen molar-refractivity contribution in [3.8, 4) is 6.07 Å². The van der Waals surface area contributed by atoms with Gasteiger partial charge in [0.1, 0.15) is 11.6 Å². The van der Waals surface area contributed by atoms with Crippen molar-refractivity contribution >= 4 is 33.6 Å². The molecule has 204 valence electrons. The van der Waals surface area contributed by atoms with Crippen LogP contribution in [-0.4, -0.2) is 50.5 Å². The van der Waals surface area contributed by atoms with Crippen molar-refractivity contribution in [3.63, 3.8) is 0 Å². The number of fused-ring (bicyclic) bond motifs is 2. The number of carboxylic acid groups (broad SMARTS) is 1. The summed E-state index contributed by atoms with van der Waals surface area (Å²) in [4.78, 5) is 29.2. The summed E-state index contributed by atoms with van der Waals surface area (Å²) in [5, 5.41) is 19.0. The van der Waals surface area contributed by atoms with Gasteiger partial charge in [0.2, 0.25) is 0 Å². The highest BCUT2D eigenvalue weighted by atomic mass is 19.4. The zero-order valence-electron chi connectivity index (χ0n) is 21.4. The van der Waals surface area contributed by atoms with Crippen LogP contribution in [0.25, 0.3) is 21.9 Å². The molecule has 0 aliphatic carbocycles. The van der Waals surface area contributed by atoms with Gasteiger partial charge in [0.25, 0.3) is 0 Å². The number of hydrogen-bond donors (Lipinski definition) is 2. The molecule has 1 aliphatic heterocycles. The van der Waals surface area contributed by atoms with Crippen LogP contribution in [-0.2, 0) is 18.4 Å². The van der Waals surface area contributed by atoms with E-state index in [1.807, 2.05) is 49.4 Å². The van der Waals surface area contributed by atoms with Crippen molar-refractivity contribution in [1.82, 2.24) is 14.1 Å². The average Bonchev–Trinajstić information content (AvgIpc) is 3.12. The molecule has 39 heavy (non-hydrogen) atoms. The zero-order chi connectivity index (χ0) is 28.5. The van der Waals surface area contributed by atoms with Crippen LogP contribution in [0.15, 0.2) is 47.3 Å². The van der Waals surface area contributed by atoms with Gasteiger partial charge in [0.05, 0.1) is 17.8 Å². The van der Waals surface area contributed by atoms with Crippen LogP contribution < -0.4 is 16.3 Å². The molecule has 9 nitrogen and oxygen atoms in total. The maximum Gasteiger partial charge on any atom is 0.490 e. The molecule has 2 aromatic heterocycles. The van der Waals surface area contributed by atoms with Crippen LogP contribution in [0.1, 0.15) is 29.7 Å². The second-order valence-electron chi connectivity index (χ2n) is 9.47. The zero-order valence-corrected chi connectivity index (χ0v) is 21.4. The smallest absolute Gasteiger partial charge is 0.475 e. The molecule has 1 atom stereocenters. The largest absolute Gasteiger partial charge is 0.490 e. The van der Waals surface area contributed by atoms with Gasteiger partial charge in [0, 0.05) is 31.9 Å². The molecule has 3 N–H and O–H groups in total. The number of nitrogens with zero attached hydrogens (tertiary/aromatic N) is 5. The Bertz CT molecular complexity index is 1650. The fourth-order valence-corrected chi connectivity index (χ4v) is 4.86. The van der Waals surface area contributed by atoms with Gasteiger partial charge in [-0.2, -0.15) is 18.4 Å². The molecule has 0 bridgehead atoms. The van der Waals surface area contributed by atoms with Gasteiger partial charge >= 0.3 is 17.8 Å². The Morgan fingerprint density at radius 1 is 1.26 bits per heavy atom. The summed E-state index contributed by atoms with van der Waals surface area (Å²) >= 11 is 0. The molecule has 4 aromatic rings. The first-order chi connectivity index (χ1) is 18.4. The predicted octanol–water partition coefficient (Wildman–Crippen LogP) is 3.68. The molecule has 0 saturated carbocycles. The third-order valence-electron chi connectivity index (χ3n) is 6.68. The van der Waals surface area contributed by atoms with E-state index in [-0.39, 0.29) is 11.7 Å². The normalized spacial score (nSPS) is 15.6. The minimum absolute atomic E-state index is 0.113. The van der Waals surface area contributed by atoms with E-state index in [4.69, 9.17) is 15.6 Å². The van der Waals surface area contributed by atoms with Gasteiger partial charge in [-0.1, -0.05) is 36.4 Å². The number of benzene rings is 2. The lowest BCUT2D eigenvalue weighted by molar-refractivity contribution is -0.192. The van der Waals surface area contributed by atoms with E-state index in [1.165, 1.54) is 0 Å². The predicted molar refractivity (Wildman–Crippen MR) is 141 cm³/mol. The van der Waals surface area contributed by atoms with E-state index in [0.29, 0.717) is 17.8 Å². The molecule has 0 radical (unpaired) electrons. The van der Waals surface area contributed by atoms with Crippen LogP contribution in [0.5, 0.6) is 0 Å². The first-order valence-corrected chi connectivity index (χ1v) is 12.2. The van der Waals surface area contributed by atoms with Gasteiger partial charge in [-0.25, -0.2) is 14.6 Å². The van der Waals surface area contributed by atoms with Crippen molar-refractivity contribution in [2.24, 2.45) is 12.8 Å². The third-order valence-corrected chi connectivity index (χ3v) is 6.68. The maximum atomic E-state index is 13.3. The van der Waals surface area contributed by atoms with Crippen molar-refractivity contribution in [1.29, 1.82) is 5.26 Å². The highest BCUT2D eigenvalue weighted by Gasteiger charge is 2.38. The van der Waals surface area contributed by atoms with Gasteiger partial charge in [0.15, 0.2) is 5.65 Å². The number of hydrogen-bond acceptors (Lipinski definition) is 6. The number of carboxylic acids is 1. The fourth-order valence-electron chi connectivity index (χ4n) is 4.86. The Labute approximate surface area is 221 Å². The molecule has 0 amide bonds. The Balaban J connectivity index is 0.000000448. The van der Waals surface area contributed by atoms with Crippen LogP contribution in [0.3, 0.4) is 0 Å². The van der Waals surface area contributed by atoms with E-state index >= 15 is 0 Å². The molecular formula is C27H27F3N6O3. The van der Waals surface area contributed by atoms with Gasteiger partial charge in [-0.3, -0.25) is 9.13 Å². The molecule has 0 unspecified atom stereocenters. The van der Waals surface area contributed by atoms with Crippen LogP contribution in [0.2, 0.25) is 0 Å². The Morgan fingerprint density at radius 2 is 1.95 bits per heavy atom. The third kappa shape index (κ3) is 5.58. The topological polar surface area (TPSA) is 130 Å². The van der Waals surface area contributed by atoms with Crippen LogP contribution >= 0.6 is 0 Å². The maximum absolute atomic E-state index is 13.3. The number of carbonyl (C=O) groups is 1. The Morgan fingerprint density at radius 3 is 2.59 bits per heavy atom. The highest BCUT2D eigenvalue weighted by molar-refractivity contribution is 5.90. The number of halogens is 3. The van der Waals surface area contributed by atoms with Gasteiger partial charge in [-0.15, -0.1) is 0 Å². The molecular weight excluding hydrogens is 513 g/mol. The summed E-state index contributed by atoms with van der Waals surface area (Å²) in [6, 6.07) is 16.3. The SMILES string of the molecule is Cc1cc(N2CCC[C@@H](N)C2)c2c(n1)n(C)c(=O)n2Cc1ccc2ccccc2c1C#N.O=C(O)C(F)(F)F. The van der Waals surface area contributed by atoms with Crippen molar-refractivity contribution in [2.75, 3.05) is 18.0 Å². The summed E-state index contributed by atoms with van der Waals surface area (Å²) in [6.45, 7) is 3.91. The molecule has 0 spiro atoms. The number of aromatic nitrogens is 3. The van der Waals surface area contributed by atoms with E-state index in [2.05, 4.69) is 16.0 Å². The van der Waals surface area contributed by atoms with Gasteiger partial charge < -0.3 is 15.7 Å². The number of alkyl halides is 3. The second-order valence-corrected chi connectivity index (χ2v) is 9.47. The lowest BCUT2D eigenvalue weighted by Gasteiger charge is -2.33. The first-order valence-electron chi connectivity index (χ1n) is 12.2. The summed E-state index contributed by atoms with van der Waals surface area (Å²) in [7, 11) is 1.75. The lowest BCUT2D eigenvalue weighted by atomic mass is 9.99. The van der Waals surface area contributed by atoms with Crippen LogP contribution in [0.4, 0.5) is 18.9 Å². The second kappa shape index (κ2) is 10.8. The average molecular weight is 541 g/mol. The molecule has 1 saturated heterocycles. The Kier molecular flexibility index (Phi) is 7.65. The monoisotopic (exact) mass is 540 g/mol. The molecule has 3 heterocycles. The molecule has 1 aliphatic rings. The quantitative estimate of drug-likeness (QED) is 0.405. The highest BCUT2D eigenvalue weighted by Crippen LogP contribution is 2.30. The minimum atomic E-state index is -5.08. The first kappa shape index (κ1) is 27.7. The van der Waals surface area contributed by atoms with Crippen molar-refractivity contribution < 1.29 is 23.1 Å². The standard InChI is InChI=1S/C25H26N6O.C2HF3O2/c1-16-12-22(30-11-5-7-19(27)15-30)23-24(28-16)29(2)25(32)31(23)14-18-10-9-17-6-3-4-8-20(17)21(18)13-26;3-2(4,5)1(6)7/h3-4,6,8-10,12,19H,5,7,11,14-15,27H2,1-2H3;(H,6,7)/t19-;/m1./s1. The number of imidazole rings is 1. The van der Waals surface area contributed by atoms with E-state index in [0.717, 1.165) is 59.2 Å². The van der Waals surface area contributed by atoms with Crippen LogP contribution in [0, 0.1) is 18.3 Å².